The third-order valence-electron chi connectivity index (χ3n) is 3.02. The van der Waals surface area contributed by atoms with E-state index in [9.17, 15) is 0 Å². The molecule has 1 N–H and O–H groups in total. The van der Waals surface area contributed by atoms with Gasteiger partial charge in [-0.3, -0.25) is 4.68 Å². The molecule has 1 atom stereocenters. The Kier molecular flexibility index (Phi) is 4.29. The molecule has 1 fully saturated rings. The number of thioether (sulfide) groups is 1. The number of nitrogens with zero attached hydrogens (tertiary/aromatic N) is 2. The number of aryl methyl sites for hydroxylation is 2. The summed E-state index contributed by atoms with van der Waals surface area (Å²) in [7, 11) is 0. The van der Waals surface area contributed by atoms with E-state index in [1.165, 1.54) is 30.0 Å². The molecular formula is C12H21N3S. The van der Waals surface area contributed by atoms with Gasteiger partial charge in [0.1, 0.15) is 0 Å². The first-order valence-corrected chi connectivity index (χ1v) is 7.29. The molecule has 2 heterocycles. The van der Waals surface area contributed by atoms with Crippen LogP contribution in [-0.2, 0) is 13.1 Å². The highest BCUT2D eigenvalue weighted by molar-refractivity contribution is 7.99. The van der Waals surface area contributed by atoms with Gasteiger partial charge in [0.25, 0.3) is 0 Å². The Labute approximate surface area is 102 Å². The number of rotatable bonds is 4. The Balaban J connectivity index is 1.87. The summed E-state index contributed by atoms with van der Waals surface area (Å²) in [6.45, 7) is 6.13. The van der Waals surface area contributed by atoms with Crippen molar-refractivity contribution in [3.63, 3.8) is 0 Å². The summed E-state index contributed by atoms with van der Waals surface area (Å²) < 4.78 is 2.10. The highest BCUT2D eigenvalue weighted by Crippen LogP contribution is 2.17. The Morgan fingerprint density at radius 2 is 2.50 bits per heavy atom. The fourth-order valence-corrected chi connectivity index (χ4v) is 3.27. The van der Waals surface area contributed by atoms with Gasteiger partial charge in [0, 0.05) is 24.9 Å². The maximum absolute atomic E-state index is 4.46. The zero-order chi connectivity index (χ0) is 11.4. The minimum atomic E-state index is 0.694. The van der Waals surface area contributed by atoms with E-state index in [1.54, 1.807) is 0 Å². The van der Waals surface area contributed by atoms with Crippen molar-refractivity contribution >= 4 is 11.8 Å². The first-order valence-electron chi connectivity index (χ1n) is 6.14. The Bertz CT molecular complexity index is 329. The van der Waals surface area contributed by atoms with Gasteiger partial charge in [-0.1, -0.05) is 0 Å². The largest absolute Gasteiger partial charge is 0.308 e. The van der Waals surface area contributed by atoms with Gasteiger partial charge in [-0.25, -0.2) is 0 Å². The van der Waals surface area contributed by atoms with Crippen molar-refractivity contribution in [2.75, 3.05) is 11.5 Å². The summed E-state index contributed by atoms with van der Waals surface area (Å²) in [5.74, 6) is 2.60. The average molecular weight is 239 g/mol. The lowest BCUT2D eigenvalue weighted by atomic mass is 10.2. The molecule has 0 spiro atoms. The van der Waals surface area contributed by atoms with Crippen molar-refractivity contribution in [2.24, 2.45) is 0 Å². The molecule has 3 nitrogen and oxygen atoms in total. The normalized spacial score (nSPS) is 21.2. The lowest BCUT2D eigenvalue weighted by Crippen LogP contribution is -2.33. The fraction of sp³-hybridized carbons (Fsp3) is 0.750. The zero-order valence-corrected chi connectivity index (χ0v) is 11.0. The van der Waals surface area contributed by atoms with Crippen LogP contribution in [0.15, 0.2) is 6.07 Å². The minimum absolute atomic E-state index is 0.694. The summed E-state index contributed by atoms with van der Waals surface area (Å²) in [5.41, 5.74) is 2.44. The Morgan fingerprint density at radius 3 is 3.19 bits per heavy atom. The highest BCUT2D eigenvalue weighted by atomic mass is 32.2. The van der Waals surface area contributed by atoms with Crippen molar-refractivity contribution in [1.82, 2.24) is 15.1 Å². The number of aromatic nitrogens is 2. The third kappa shape index (κ3) is 3.01. The molecule has 1 aliphatic rings. The molecule has 1 aromatic heterocycles. The summed E-state index contributed by atoms with van der Waals surface area (Å²) >= 11 is 2.07. The standard InChI is InChI=1S/C12H21N3S/c1-3-15-12(7-10(2)14-15)8-13-11-5-4-6-16-9-11/h7,11,13H,3-6,8-9H2,1-2H3. The van der Waals surface area contributed by atoms with E-state index in [4.69, 9.17) is 0 Å². The lowest BCUT2D eigenvalue weighted by Gasteiger charge is -2.22. The molecule has 90 valence electrons. The monoisotopic (exact) mass is 239 g/mol. The second-order valence-electron chi connectivity index (χ2n) is 4.39. The molecule has 1 aliphatic heterocycles. The van der Waals surface area contributed by atoms with Crippen molar-refractivity contribution in [3.05, 3.63) is 17.5 Å². The predicted molar refractivity (Wildman–Crippen MR) is 69.8 cm³/mol. The lowest BCUT2D eigenvalue weighted by molar-refractivity contribution is 0.487. The second-order valence-corrected chi connectivity index (χ2v) is 5.54. The maximum atomic E-state index is 4.46. The molecule has 4 heteroatoms. The van der Waals surface area contributed by atoms with Crippen LogP contribution in [0.5, 0.6) is 0 Å². The van der Waals surface area contributed by atoms with Crippen molar-refractivity contribution in [1.29, 1.82) is 0 Å². The SMILES string of the molecule is CCn1nc(C)cc1CNC1CCCSC1. The molecule has 0 aromatic carbocycles. The molecule has 1 aromatic rings. The number of hydrogen-bond donors (Lipinski definition) is 1. The van der Waals surface area contributed by atoms with E-state index < -0.39 is 0 Å². The van der Waals surface area contributed by atoms with Gasteiger partial charge in [0.15, 0.2) is 0 Å². The topological polar surface area (TPSA) is 29.9 Å². The predicted octanol–water partition coefficient (Wildman–Crippen LogP) is 2.20. The summed E-state index contributed by atoms with van der Waals surface area (Å²) in [6.07, 6.45) is 2.68. The molecular weight excluding hydrogens is 218 g/mol. The van der Waals surface area contributed by atoms with Gasteiger partial charge >= 0.3 is 0 Å². The Hall–Kier alpha value is -0.480. The first-order chi connectivity index (χ1) is 7.79. The van der Waals surface area contributed by atoms with Crippen molar-refractivity contribution in [2.45, 2.75) is 45.8 Å². The van der Waals surface area contributed by atoms with Crippen LogP contribution in [0.25, 0.3) is 0 Å². The smallest absolute Gasteiger partial charge is 0.0597 e. The molecule has 0 radical (unpaired) electrons. The molecule has 1 saturated heterocycles. The average Bonchev–Trinajstić information content (AvgIpc) is 2.68. The maximum Gasteiger partial charge on any atom is 0.0597 e. The molecule has 0 amide bonds. The van der Waals surface area contributed by atoms with E-state index in [1.807, 2.05) is 0 Å². The van der Waals surface area contributed by atoms with E-state index in [0.29, 0.717) is 6.04 Å². The summed E-state index contributed by atoms with van der Waals surface area (Å²) in [4.78, 5) is 0. The van der Waals surface area contributed by atoms with E-state index >= 15 is 0 Å². The fourth-order valence-electron chi connectivity index (χ4n) is 2.17. The summed E-state index contributed by atoms with van der Waals surface area (Å²) in [5, 5.41) is 8.11. The van der Waals surface area contributed by atoms with Crippen LogP contribution >= 0.6 is 11.8 Å². The molecule has 0 saturated carbocycles. The van der Waals surface area contributed by atoms with Gasteiger partial charge in [-0.2, -0.15) is 16.9 Å². The van der Waals surface area contributed by atoms with Gasteiger partial charge in [-0.05, 0) is 38.5 Å². The zero-order valence-electron chi connectivity index (χ0n) is 10.2. The molecule has 0 aliphatic carbocycles. The third-order valence-corrected chi connectivity index (χ3v) is 4.23. The minimum Gasteiger partial charge on any atom is -0.308 e. The molecule has 0 bridgehead atoms. The summed E-state index contributed by atoms with van der Waals surface area (Å²) in [6, 6.07) is 2.88. The molecule has 2 rings (SSSR count). The van der Waals surface area contributed by atoms with E-state index in [2.05, 4.69) is 46.8 Å². The van der Waals surface area contributed by atoms with Crippen molar-refractivity contribution < 1.29 is 0 Å². The van der Waals surface area contributed by atoms with Gasteiger partial charge in [-0.15, -0.1) is 0 Å². The van der Waals surface area contributed by atoms with Crippen LogP contribution in [0, 0.1) is 6.92 Å². The van der Waals surface area contributed by atoms with Gasteiger partial charge in [0.05, 0.1) is 11.4 Å². The van der Waals surface area contributed by atoms with Gasteiger partial charge < -0.3 is 5.32 Å². The van der Waals surface area contributed by atoms with Gasteiger partial charge in [0.2, 0.25) is 0 Å². The Morgan fingerprint density at radius 1 is 1.62 bits per heavy atom. The second kappa shape index (κ2) is 5.73. The van der Waals surface area contributed by atoms with E-state index in [0.717, 1.165) is 18.8 Å². The van der Waals surface area contributed by atoms with Crippen molar-refractivity contribution in [3.8, 4) is 0 Å². The molecule has 1 unspecified atom stereocenters. The quantitative estimate of drug-likeness (QED) is 0.873. The number of hydrogen-bond acceptors (Lipinski definition) is 3. The molecule has 16 heavy (non-hydrogen) atoms. The highest BCUT2D eigenvalue weighted by Gasteiger charge is 2.13. The van der Waals surface area contributed by atoms with E-state index in [-0.39, 0.29) is 0 Å². The van der Waals surface area contributed by atoms with Crippen LogP contribution in [0.1, 0.15) is 31.2 Å². The van der Waals surface area contributed by atoms with Crippen LogP contribution in [0.3, 0.4) is 0 Å². The van der Waals surface area contributed by atoms with Crippen LogP contribution < -0.4 is 5.32 Å². The number of nitrogens with one attached hydrogen (secondary N) is 1. The van der Waals surface area contributed by atoms with Crippen LogP contribution in [0.2, 0.25) is 0 Å². The van der Waals surface area contributed by atoms with Crippen LogP contribution in [0.4, 0.5) is 0 Å². The van der Waals surface area contributed by atoms with Crippen LogP contribution in [-0.4, -0.2) is 27.3 Å². The first kappa shape index (κ1) is 12.0.